The van der Waals surface area contributed by atoms with E-state index in [2.05, 4.69) is 15.6 Å². The molecule has 6 nitrogen and oxygen atoms in total. The molecule has 7 heteroatoms. The molecule has 0 spiro atoms. The summed E-state index contributed by atoms with van der Waals surface area (Å²) in [5.41, 5.74) is 10.4. The number of rotatable bonds is 6. The summed E-state index contributed by atoms with van der Waals surface area (Å²) in [4.78, 5) is 12.6. The van der Waals surface area contributed by atoms with Crippen molar-refractivity contribution in [3.05, 3.63) is 95.3 Å². The summed E-state index contributed by atoms with van der Waals surface area (Å²) in [6.07, 6.45) is 2.36. The fourth-order valence-electron chi connectivity index (χ4n) is 3.11. The Morgan fingerprint density at radius 2 is 1.83 bits per heavy atom. The Kier molecular flexibility index (Phi) is 5.77. The van der Waals surface area contributed by atoms with Crippen molar-refractivity contribution in [3.63, 3.8) is 0 Å². The van der Waals surface area contributed by atoms with E-state index in [1.54, 1.807) is 16.9 Å². The van der Waals surface area contributed by atoms with Crippen LogP contribution in [0.1, 0.15) is 16.1 Å². The zero-order valence-electron chi connectivity index (χ0n) is 16.1. The average Bonchev–Trinajstić information content (AvgIpc) is 3.24. The lowest BCUT2D eigenvalue weighted by Gasteiger charge is -2.09. The number of amides is 1. The molecule has 0 unspecified atom stereocenters. The molecule has 0 radical (unpaired) electrons. The van der Waals surface area contributed by atoms with Crippen molar-refractivity contribution in [3.8, 4) is 11.1 Å². The molecule has 150 valence electrons. The molecule has 0 aliphatic rings. The molecule has 0 bridgehead atoms. The van der Waals surface area contributed by atoms with Crippen molar-refractivity contribution < 1.29 is 4.79 Å². The maximum Gasteiger partial charge on any atom is 0.277 e. The molecule has 1 amide bonds. The van der Waals surface area contributed by atoms with Gasteiger partial charge in [0.05, 0.1) is 17.6 Å². The Morgan fingerprint density at radius 1 is 1.00 bits per heavy atom. The molecule has 30 heavy (non-hydrogen) atoms. The third kappa shape index (κ3) is 4.67. The van der Waals surface area contributed by atoms with Crippen molar-refractivity contribution in [2.45, 2.75) is 13.0 Å². The highest BCUT2D eigenvalue weighted by Gasteiger charge is 2.13. The van der Waals surface area contributed by atoms with E-state index >= 15 is 0 Å². The van der Waals surface area contributed by atoms with Gasteiger partial charge in [-0.2, -0.15) is 0 Å². The van der Waals surface area contributed by atoms with Gasteiger partial charge in [-0.15, -0.1) is 5.10 Å². The zero-order valence-corrected chi connectivity index (χ0v) is 16.9. The van der Waals surface area contributed by atoms with Crippen molar-refractivity contribution in [2.75, 3.05) is 11.1 Å². The number of benzene rings is 3. The second-order valence-corrected chi connectivity index (χ2v) is 7.31. The summed E-state index contributed by atoms with van der Waals surface area (Å²) >= 11 is 6.01. The maximum atomic E-state index is 12.6. The Morgan fingerprint density at radius 3 is 2.63 bits per heavy atom. The van der Waals surface area contributed by atoms with E-state index in [1.807, 2.05) is 66.7 Å². The average molecular weight is 418 g/mol. The van der Waals surface area contributed by atoms with Crippen LogP contribution in [0.5, 0.6) is 0 Å². The second kappa shape index (κ2) is 8.80. The highest BCUT2D eigenvalue weighted by atomic mass is 35.5. The van der Waals surface area contributed by atoms with Crippen molar-refractivity contribution in [1.82, 2.24) is 15.0 Å². The number of hydrogen-bond donors (Lipinski definition) is 2. The van der Waals surface area contributed by atoms with Gasteiger partial charge in [0.15, 0.2) is 5.69 Å². The molecule has 4 aromatic rings. The van der Waals surface area contributed by atoms with Gasteiger partial charge in [-0.25, -0.2) is 0 Å². The van der Waals surface area contributed by atoms with Crippen LogP contribution in [0.15, 0.2) is 79.0 Å². The van der Waals surface area contributed by atoms with Gasteiger partial charge in [0.25, 0.3) is 5.91 Å². The van der Waals surface area contributed by atoms with Crippen molar-refractivity contribution >= 4 is 28.9 Å². The van der Waals surface area contributed by atoms with Crippen LogP contribution in [-0.2, 0) is 13.0 Å². The Labute approximate surface area is 179 Å². The standard InChI is InChI=1S/C23H20ClN5O/c24-19-8-4-5-16(13-19)11-12-29-15-22(27-28-29)23(30)26-21-14-18(9-10-20(21)25)17-6-2-1-3-7-17/h1-10,13-15H,11-12,25H2,(H,26,30). The molecule has 0 fully saturated rings. The molecule has 0 saturated carbocycles. The van der Waals surface area contributed by atoms with Gasteiger partial charge < -0.3 is 11.1 Å². The van der Waals surface area contributed by atoms with E-state index in [1.165, 1.54) is 0 Å². The fraction of sp³-hybridized carbons (Fsp3) is 0.0870. The number of carbonyl (C=O) groups excluding carboxylic acids is 1. The van der Waals surface area contributed by atoms with E-state index in [0.717, 1.165) is 23.1 Å². The fourth-order valence-corrected chi connectivity index (χ4v) is 3.32. The van der Waals surface area contributed by atoms with Crippen LogP contribution in [-0.4, -0.2) is 20.9 Å². The first kappa shape index (κ1) is 19.7. The largest absolute Gasteiger partial charge is 0.397 e. The SMILES string of the molecule is Nc1ccc(-c2ccccc2)cc1NC(=O)c1cn(CCc2cccc(Cl)c2)nn1. The van der Waals surface area contributed by atoms with Crippen molar-refractivity contribution in [2.24, 2.45) is 0 Å². The minimum absolute atomic E-state index is 0.227. The predicted octanol–water partition coefficient (Wildman–Crippen LogP) is 4.68. The van der Waals surface area contributed by atoms with Crippen molar-refractivity contribution in [1.29, 1.82) is 0 Å². The first-order valence-corrected chi connectivity index (χ1v) is 9.87. The Balaban J connectivity index is 1.44. The van der Waals surface area contributed by atoms with Crippen LogP contribution in [0.2, 0.25) is 5.02 Å². The molecule has 0 atom stereocenters. The summed E-state index contributed by atoms with van der Waals surface area (Å²) in [7, 11) is 0. The maximum absolute atomic E-state index is 12.6. The number of halogens is 1. The number of nitrogens with one attached hydrogen (secondary N) is 1. The van der Waals surface area contributed by atoms with Gasteiger partial charge in [0.1, 0.15) is 0 Å². The summed E-state index contributed by atoms with van der Waals surface area (Å²) in [6, 6.07) is 23.1. The summed E-state index contributed by atoms with van der Waals surface area (Å²) in [5, 5.41) is 11.6. The second-order valence-electron chi connectivity index (χ2n) is 6.87. The number of nitrogens with two attached hydrogens (primary N) is 1. The normalized spacial score (nSPS) is 10.7. The van der Waals surface area contributed by atoms with E-state index in [4.69, 9.17) is 17.3 Å². The van der Waals surface area contributed by atoms with Crippen LogP contribution in [0, 0.1) is 0 Å². The quantitative estimate of drug-likeness (QED) is 0.446. The van der Waals surface area contributed by atoms with E-state index in [-0.39, 0.29) is 11.6 Å². The Hall–Kier alpha value is -3.64. The number of carbonyl (C=O) groups is 1. The van der Waals surface area contributed by atoms with Crippen LogP contribution >= 0.6 is 11.6 Å². The molecule has 3 aromatic carbocycles. The summed E-state index contributed by atoms with van der Waals surface area (Å²) in [5.74, 6) is -0.360. The van der Waals surface area contributed by atoms with Gasteiger partial charge >= 0.3 is 0 Å². The van der Waals surface area contributed by atoms with E-state index in [0.29, 0.717) is 22.9 Å². The van der Waals surface area contributed by atoms with Gasteiger partial charge in [-0.1, -0.05) is 65.3 Å². The molecule has 0 aliphatic heterocycles. The third-order valence-electron chi connectivity index (χ3n) is 4.70. The van der Waals surface area contributed by atoms with Crippen LogP contribution in [0.4, 0.5) is 11.4 Å². The number of anilines is 2. The minimum Gasteiger partial charge on any atom is -0.397 e. The Bertz CT molecular complexity index is 1170. The monoisotopic (exact) mass is 417 g/mol. The van der Waals surface area contributed by atoms with Gasteiger partial charge in [-0.3, -0.25) is 9.48 Å². The molecule has 0 saturated heterocycles. The molecule has 1 heterocycles. The van der Waals surface area contributed by atoms with E-state index in [9.17, 15) is 4.79 Å². The number of aryl methyl sites for hydroxylation is 2. The predicted molar refractivity (Wildman–Crippen MR) is 119 cm³/mol. The lowest BCUT2D eigenvalue weighted by atomic mass is 10.0. The lowest BCUT2D eigenvalue weighted by Crippen LogP contribution is -2.14. The number of hydrogen-bond acceptors (Lipinski definition) is 4. The van der Waals surface area contributed by atoms with Gasteiger partial charge in [0, 0.05) is 11.6 Å². The molecular formula is C23H20ClN5O. The molecule has 4 rings (SSSR count). The molecular weight excluding hydrogens is 398 g/mol. The molecule has 3 N–H and O–H groups in total. The smallest absolute Gasteiger partial charge is 0.277 e. The number of aromatic nitrogens is 3. The first-order valence-electron chi connectivity index (χ1n) is 9.49. The highest BCUT2D eigenvalue weighted by molar-refractivity contribution is 6.30. The van der Waals surface area contributed by atoms with Crippen LogP contribution in [0.25, 0.3) is 11.1 Å². The molecule has 1 aromatic heterocycles. The van der Waals surface area contributed by atoms with Crippen LogP contribution in [0.3, 0.4) is 0 Å². The van der Waals surface area contributed by atoms with Gasteiger partial charge in [-0.05, 0) is 47.4 Å². The van der Waals surface area contributed by atoms with Crippen LogP contribution < -0.4 is 11.1 Å². The zero-order chi connectivity index (χ0) is 20.9. The first-order chi connectivity index (χ1) is 14.6. The molecule has 0 aliphatic carbocycles. The van der Waals surface area contributed by atoms with Gasteiger partial charge in [0.2, 0.25) is 0 Å². The van der Waals surface area contributed by atoms with E-state index < -0.39 is 0 Å². The minimum atomic E-state index is -0.360. The number of nitrogens with zero attached hydrogens (tertiary/aromatic N) is 3. The lowest BCUT2D eigenvalue weighted by molar-refractivity contribution is 0.102. The highest BCUT2D eigenvalue weighted by Crippen LogP contribution is 2.27. The third-order valence-corrected chi connectivity index (χ3v) is 4.93. The number of nitrogen functional groups attached to an aromatic ring is 1. The summed E-state index contributed by atoms with van der Waals surface area (Å²) < 4.78 is 1.64. The topological polar surface area (TPSA) is 85.8 Å². The summed E-state index contributed by atoms with van der Waals surface area (Å²) in [6.45, 7) is 0.590.